The zero-order valence-corrected chi connectivity index (χ0v) is 16.0. The van der Waals surface area contributed by atoms with E-state index in [1.807, 2.05) is 69.3 Å². The molecule has 5 heteroatoms. The Bertz CT molecular complexity index is 838. The molecule has 0 radical (unpaired) electrons. The number of carbonyl (C=O) groups is 2. The minimum Gasteiger partial charge on any atom is -0.341 e. The van der Waals surface area contributed by atoms with Gasteiger partial charge in [0.15, 0.2) is 0 Å². The van der Waals surface area contributed by atoms with Gasteiger partial charge in [0, 0.05) is 5.56 Å². The number of benzene rings is 2. The van der Waals surface area contributed by atoms with Crippen LogP contribution in [0.15, 0.2) is 48.5 Å². The third kappa shape index (κ3) is 5.68. The smallest absolute Gasteiger partial charge is 0.252 e. The van der Waals surface area contributed by atoms with Crippen molar-refractivity contribution in [1.82, 2.24) is 10.6 Å². The minimum absolute atomic E-state index is 0.0753. The molecule has 5 nitrogen and oxygen atoms in total. The van der Waals surface area contributed by atoms with Gasteiger partial charge in [0.05, 0.1) is 6.07 Å². The highest BCUT2D eigenvalue weighted by Crippen LogP contribution is 2.22. The molecule has 0 aliphatic carbocycles. The summed E-state index contributed by atoms with van der Waals surface area (Å²) in [5.41, 5.74) is 3.50. The van der Waals surface area contributed by atoms with Crippen LogP contribution >= 0.6 is 0 Å². The molecule has 0 saturated carbocycles. The average molecular weight is 363 g/mol. The van der Waals surface area contributed by atoms with Gasteiger partial charge in [-0.1, -0.05) is 56.3 Å². The van der Waals surface area contributed by atoms with Gasteiger partial charge in [-0.05, 0) is 42.0 Å². The monoisotopic (exact) mass is 363 g/mol. The van der Waals surface area contributed by atoms with E-state index in [1.54, 1.807) is 6.07 Å². The molecule has 0 saturated heterocycles. The third-order valence-electron chi connectivity index (χ3n) is 4.25. The van der Waals surface area contributed by atoms with Crippen LogP contribution in [0.25, 0.3) is 11.1 Å². The zero-order chi connectivity index (χ0) is 19.8. The summed E-state index contributed by atoms with van der Waals surface area (Å²) in [6, 6.07) is 16.8. The van der Waals surface area contributed by atoms with Gasteiger partial charge < -0.3 is 10.6 Å². The van der Waals surface area contributed by atoms with Crippen LogP contribution in [-0.4, -0.2) is 24.4 Å². The summed E-state index contributed by atoms with van der Waals surface area (Å²) in [7, 11) is 0. The first-order valence-corrected chi connectivity index (χ1v) is 9.04. The molecule has 0 spiro atoms. The lowest BCUT2D eigenvalue weighted by Crippen LogP contribution is -2.47. The van der Waals surface area contributed by atoms with Crippen molar-refractivity contribution in [2.24, 2.45) is 5.92 Å². The first-order valence-electron chi connectivity index (χ1n) is 9.04. The first kappa shape index (κ1) is 20.2. The SMILES string of the molecule is Cc1cc(-c2ccccc2)ccc1C(=O)N[C@@H](CC(C)C)C(=O)NCC#N. The van der Waals surface area contributed by atoms with Gasteiger partial charge in [-0.15, -0.1) is 0 Å². The van der Waals surface area contributed by atoms with Crippen LogP contribution in [0.2, 0.25) is 0 Å². The normalized spacial score (nSPS) is 11.5. The van der Waals surface area contributed by atoms with E-state index in [4.69, 9.17) is 5.26 Å². The van der Waals surface area contributed by atoms with E-state index in [0.717, 1.165) is 16.7 Å². The van der Waals surface area contributed by atoms with Crippen LogP contribution in [0.4, 0.5) is 0 Å². The molecule has 1 atom stereocenters. The Hall–Kier alpha value is -3.13. The molecule has 0 unspecified atom stereocenters. The van der Waals surface area contributed by atoms with Gasteiger partial charge in [0.2, 0.25) is 5.91 Å². The maximum atomic E-state index is 12.7. The highest BCUT2D eigenvalue weighted by atomic mass is 16.2. The molecule has 0 fully saturated rings. The number of amides is 2. The number of nitriles is 1. The molecule has 0 aliphatic heterocycles. The summed E-state index contributed by atoms with van der Waals surface area (Å²) in [5, 5.41) is 14.0. The molecule has 0 aliphatic rings. The van der Waals surface area contributed by atoms with E-state index >= 15 is 0 Å². The van der Waals surface area contributed by atoms with Gasteiger partial charge in [0.25, 0.3) is 5.91 Å². The summed E-state index contributed by atoms with van der Waals surface area (Å²) in [4.78, 5) is 25.0. The van der Waals surface area contributed by atoms with Crippen molar-refractivity contribution in [3.05, 3.63) is 59.7 Å². The van der Waals surface area contributed by atoms with Gasteiger partial charge in [0.1, 0.15) is 12.6 Å². The highest BCUT2D eigenvalue weighted by Gasteiger charge is 2.23. The lowest BCUT2D eigenvalue weighted by atomic mass is 9.98. The molecular weight excluding hydrogens is 338 g/mol. The van der Waals surface area contributed by atoms with Gasteiger partial charge >= 0.3 is 0 Å². The van der Waals surface area contributed by atoms with Crippen molar-refractivity contribution in [3.63, 3.8) is 0 Å². The van der Waals surface area contributed by atoms with Crippen molar-refractivity contribution >= 4 is 11.8 Å². The van der Waals surface area contributed by atoms with Gasteiger partial charge in [-0.25, -0.2) is 0 Å². The maximum absolute atomic E-state index is 12.7. The molecule has 2 rings (SSSR count). The van der Waals surface area contributed by atoms with Crippen molar-refractivity contribution < 1.29 is 9.59 Å². The van der Waals surface area contributed by atoms with E-state index in [0.29, 0.717) is 12.0 Å². The predicted octanol–water partition coefficient (Wildman–Crippen LogP) is 3.45. The molecule has 2 aromatic carbocycles. The summed E-state index contributed by atoms with van der Waals surface area (Å²) < 4.78 is 0. The van der Waals surface area contributed by atoms with Crippen molar-refractivity contribution in [3.8, 4) is 17.2 Å². The number of carbonyl (C=O) groups excluding carboxylic acids is 2. The van der Waals surface area contributed by atoms with Crippen molar-refractivity contribution in [2.45, 2.75) is 33.2 Å². The number of nitrogens with zero attached hydrogens (tertiary/aromatic N) is 1. The molecule has 0 bridgehead atoms. The van der Waals surface area contributed by atoms with Crippen LogP contribution < -0.4 is 10.6 Å². The van der Waals surface area contributed by atoms with Crippen LogP contribution in [0.1, 0.15) is 36.2 Å². The van der Waals surface area contributed by atoms with Gasteiger partial charge in [-0.2, -0.15) is 5.26 Å². The molecular formula is C22H25N3O2. The van der Waals surface area contributed by atoms with E-state index in [2.05, 4.69) is 10.6 Å². The number of hydrogen-bond donors (Lipinski definition) is 2. The second kappa shape index (κ2) is 9.54. The largest absolute Gasteiger partial charge is 0.341 e. The number of aryl methyl sites for hydroxylation is 1. The van der Waals surface area contributed by atoms with Crippen LogP contribution in [0.5, 0.6) is 0 Å². The fraction of sp³-hybridized carbons (Fsp3) is 0.318. The molecule has 140 valence electrons. The quantitative estimate of drug-likeness (QED) is 0.739. The van der Waals surface area contributed by atoms with E-state index < -0.39 is 6.04 Å². The summed E-state index contributed by atoms with van der Waals surface area (Å²) >= 11 is 0. The standard InChI is InChI=1S/C22H25N3O2/c1-15(2)13-20(22(27)24-12-11-23)25-21(26)19-10-9-18(14-16(19)3)17-7-5-4-6-8-17/h4-10,14-15,20H,12-13H2,1-3H3,(H,24,27)(H,25,26)/t20-/m0/s1. The summed E-state index contributed by atoms with van der Waals surface area (Å²) in [6.07, 6.45) is 0.504. The number of rotatable bonds is 7. The topological polar surface area (TPSA) is 82.0 Å². The third-order valence-corrected chi connectivity index (χ3v) is 4.25. The van der Waals surface area contributed by atoms with Crippen molar-refractivity contribution in [1.29, 1.82) is 5.26 Å². The Labute approximate surface area is 160 Å². The molecule has 2 amide bonds. The molecule has 2 aromatic rings. The Morgan fingerprint density at radius 3 is 2.37 bits per heavy atom. The number of nitrogens with one attached hydrogen (secondary N) is 2. The first-order chi connectivity index (χ1) is 12.9. The van der Waals surface area contributed by atoms with Crippen molar-refractivity contribution in [2.75, 3.05) is 6.54 Å². The molecule has 0 aromatic heterocycles. The highest BCUT2D eigenvalue weighted by molar-refractivity contribution is 5.99. The average Bonchev–Trinajstić information content (AvgIpc) is 2.65. The van der Waals surface area contributed by atoms with Crippen LogP contribution in [0.3, 0.4) is 0 Å². The van der Waals surface area contributed by atoms with E-state index in [-0.39, 0.29) is 24.3 Å². The Morgan fingerprint density at radius 1 is 1.07 bits per heavy atom. The molecule has 27 heavy (non-hydrogen) atoms. The lowest BCUT2D eigenvalue weighted by Gasteiger charge is -2.20. The molecule has 2 N–H and O–H groups in total. The van der Waals surface area contributed by atoms with Crippen LogP contribution in [0, 0.1) is 24.2 Å². The maximum Gasteiger partial charge on any atom is 0.252 e. The second-order valence-electron chi connectivity index (χ2n) is 6.93. The van der Waals surface area contributed by atoms with E-state index in [9.17, 15) is 9.59 Å². The van der Waals surface area contributed by atoms with E-state index in [1.165, 1.54) is 0 Å². The Balaban J connectivity index is 2.17. The van der Waals surface area contributed by atoms with Gasteiger partial charge in [-0.3, -0.25) is 9.59 Å². The fourth-order valence-corrected chi connectivity index (χ4v) is 2.92. The predicted molar refractivity (Wildman–Crippen MR) is 106 cm³/mol. The minimum atomic E-state index is -0.668. The Kier molecular flexibility index (Phi) is 7.13. The number of hydrogen-bond acceptors (Lipinski definition) is 3. The van der Waals surface area contributed by atoms with Crippen LogP contribution in [-0.2, 0) is 4.79 Å². The zero-order valence-electron chi connectivity index (χ0n) is 16.0. The summed E-state index contributed by atoms with van der Waals surface area (Å²) in [5.74, 6) is -0.397. The Morgan fingerprint density at radius 2 is 1.78 bits per heavy atom. The second-order valence-corrected chi connectivity index (χ2v) is 6.93. The lowest BCUT2D eigenvalue weighted by molar-refractivity contribution is -0.123. The molecule has 0 heterocycles. The summed E-state index contributed by atoms with van der Waals surface area (Å²) in [6.45, 7) is 5.77. The fourth-order valence-electron chi connectivity index (χ4n) is 2.92.